The highest BCUT2D eigenvalue weighted by Gasteiger charge is 2.53. The van der Waals surface area contributed by atoms with Crippen molar-refractivity contribution in [2.24, 2.45) is 0 Å². The molecule has 1 amide bonds. The molecule has 4 aliphatic heterocycles. The predicted octanol–water partition coefficient (Wildman–Crippen LogP) is 6.57. The second-order valence-corrected chi connectivity index (χ2v) is 18.3. The monoisotopic (exact) mass is 1010 g/mol. The standard InChI is InChI=1S/C52H47ClN6O12S/c53-38-24-39-48(59-50(57-39)70-43-26-68-46-40(62)25-67-47(43)46)58-45(38)29-3-1-27(2-4-29)28-5-10-33(11-6-28)66-20-17-54-44(63)15-18-65-19-16-55-51(72)56-30-7-12-35-34(21-30)49(64)71-52(35)36-13-8-31(60)22-41(36)69-42-23-32(61)9-14-37(42)52/h1-14,21-24,40,43,46-47,49,60-62,64H,15-20,25-26H2,(H,54,63)(H2,55,56,72)(H,57,58,59)/t40-,43-,46-,47-,49?/m1/s1. The lowest BCUT2D eigenvalue weighted by atomic mass is 9.77. The summed E-state index contributed by atoms with van der Waals surface area (Å²) >= 11 is 12.2. The predicted molar refractivity (Wildman–Crippen MR) is 266 cm³/mol. The SMILES string of the molecule is O=C(CCOCCNC(=S)Nc1ccc2c(c1)C(O)OC21c2ccc(O)cc2Oc2cc(O)ccc21)NCCOc1ccc(-c2ccc(-c3nc4nc(O[C@@H]5CO[C@H]6[C@@H]5OC[C@H]6O)[nH]c4cc3Cl)cc2)cc1. The molecule has 5 atom stereocenters. The Hall–Kier alpha value is -7.07. The number of phenols is 2. The number of nitrogens with zero attached hydrogens (tertiary/aromatic N) is 2. The van der Waals surface area contributed by atoms with Crippen LogP contribution in [-0.4, -0.2) is 117 Å². The average molecular weight is 1020 g/mol. The maximum absolute atomic E-state index is 12.5. The van der Waals surface area contributed by atoms with Gasteiger partial charge in [-0.25, -0.2) is 4.98 Å². The molecule has 8 N–H and O–H groups in total. The fourth-order valence-corrected chi connectivity index (χ4v) is 9.93. The van der Waals surface area contributed by atoms with Crippen molar-refractivity contribution in [2.75, 3.05) is 51.4 Å². The number of rotatable bonds is 15. The van der Waals surface area contributed by atoms with Crippen molar-refractivity contribution in [1.29, 1.82) is 0 Å². The van der Waals surface area contributed by atoms with Gasteiger partial charge in [0.2, 0.25) is 5.91 Å². The van der Waals surface area contributed by atoms with Crippen molar-refractivity contribution in [3.05, 3.63) is 136 Å². The number of carbonyl (C=O) groups is 1. The Labute approximate surface area is 421 Å². The molecule has 1 spiro atoms. The van der Waals surface area contributed by atoms with E-state index in [4.69, 9.17) is 62.0 Å². The number of phenolic OH excluding ortho intramolecular Hbond substituents is 2. The first-order valence-corrected chi connectivity index (χ1v) is 24.0. The molecule has 20 heteroatoms. The van der Waals surface area contributed by atoms with Crippen LogP contribution in [0, 0.1) is 0 Å². The molecule has 0 saturated carbocycles. The summed E-state index contributed by atoms with van der Waals surface area (Å²) in [6, 6.07) is 32.4. The Balaban J connectivity index is 0.589. The number of ether oxygens (including phenoxy) is 7. The van der Waals surface area contributed by atoms with Gasteiger partial charge >= 0.3 is 0 Å². The first-order chi connectivity index (χ1) is 35.0. The maximum Gasteiger partial charge on any atom is 0.296 e. The number of fused-ring (bicyclic) bond motifs is 8. The number of carbonyl (C=O) groups excluding carboxylic acids is 1. The van der Waals surface area contributed by atoms with Crippen molar-refractivity contribution in [2.45, 2.75) is 42.7 Å². The number of H-pyrrole nitrogens is 1. The van der Waals surface area contributed by atoms with Gasteiger partial charge in [0, 0.05) is 58.6 Å². The van der Waals surface area contributed by atoms with Crippen molar-refractivity contribution < 1.29 is 58.4 Å². The summed E-state index contributed by atoms with van der Waals surface area (Å²) < 4.78 is 41.3. The van der Waals surface area contributed by atoms with E-state index in [1.54, 1.807) is 24.3 Å². The minimum atomic E-state index is -1.30. The molecular weight excluding hydrogens is 968 g/mol. The van der Waals surface area contributed by atoms with Crippen LogP contribution in [0.25, 0.3) is 33.5 Å². The zero-order valence-corrected chi connectivity index (χ0v) is 39.7. The van der Waals surface area contributed by atoms with Crippen LogP contribution in [0.4, 0.5) is 5.69 Å². The lowest BCUT2D eigenvalue weighted by Crippen LogP contribution is -2.34. The molecule has 6 heterocycles. The van der Waals surface area contributed by atoms with Gasteiger partial charge in [-0.05, 0) is 77.9 Å². The molecule has 2 saturated heterocycles. The number of benzene rings is 5. The minimum Gasteiger partial charge on any atom is -0.508 e. The number of hydrogen-bond acceptors (Lipinski definition) is 15. The number of aromatic hydroxyl groups is 2. The summed E-state index contributed by atoms with van der Waals surface area (Å²) in [6.07, 6.45) is -2.98. The van der Waals surface area contributed by atoms with E-state index in [2.05, 4.69) is 25.9 Å². The molecule has 2 aromatic heterocycles. The summed E-state index contributed by atoms with van der Waals surface area (Å²) in [5, 5.41) is 51.5. The Morgan fingerprint density at radius 2 is 1.46 bits per heavy atom. The second kappa shape index (κ2) is 19.9. The van der Waals surface area contributed by atoms with Gasteiger partial charge in [0.05, 0.1) is 49.2 Å². The van der Waals surface area contributed by atoms with Crippen LogP contribution in [0.15, 0.2) is 109 Å². The number of aliphatic hydroxyl groups excluding tert-OH is 2. The van der Waals surface area contributed by atoms with E-state index in [9.17, 15) is 25.2 Å². The Bertz CT molecular complexity index is 3130. The van der Waals surface area contributed by atoms with Crippen LogP contribution in [0.1, 0.15) is 35.0 Å². The number of amides is 1. The number of aromatic amines is 1. The van der Waals surface area contributed by atoms with Crippen molar-refractivity contribution in [1.82, 2.24) is 25.6 Å². The number of halogens is 1. The van der Waals surface area contributed by atoms with Crippen LogP contribution < -0.4 is 30.2 Å². The quantitative estimate of drug-likeness (QED) is 0.0400. The average Bonchev–Trinajstić information content (AvgIpc) is 4.14. The van der Waals surface area contributed by atoms with Crippen LogP contribution in [0.2, 0.25) is 5.02 Å². The van der Waals surface area contributed by atoms with E-state index in [1.165, 1.54) is 24.3 Å². The molecule has 0 bridgehead atoms. The fourth-order valence-electron chi connectivity index (χ4n) is 9.45. The van der Waals surface area contributed by atoms with E-state index in [-0.39, 0.29) is 62.4 Å². The van der Waals surface area contributed by atoms with E-state index in [0.29, 0.717) is 91.9 Å². The van der Waals surface area contributed by atoms with Gasteiger partial charge in [0.25, 0.3) is 6.01 Å². The molecule has 0 radical (unpaired) electrons. The molecule has 11 rings (SSSR count). The first kappa shape index (κ1) is 47.3. The lowest BCUT2D eigenvalue weighted by molar-refractivity contribution is -0.142. The Kier molecular flexibility index (Phi) is 13.0. The lowest BCUT2D eigenvalue weighted by Gasteiger charge is -2.37. The highest BCUT2D eigenvalue weighted by atomic mass is 35.5. The zero-order chi connectivity index (χ0) is 49.5. The van der Waals surface area contributed by atoms with E-state index >= 15 is 0 Å². The van der Waals surface area contributed by atoms with Gasteiger partial charge in [0.15, 0.2) is 28.8 Å². The molecule has 7 aromatic rings. The van der Waals surface area contributed by atoms with Crippen LogP contribution in [0.3, 0.4) is 0 Å². The third-order valence-electron chi connectivity index (χ3n) is 12.8. The first-order valence-electron chi connectivity index (χ1n) is 23.2. The van der Waals surface area contributed by atoms with Gasteiger partial charge in [-0.3, -0.25) is 4.79 Å². The van der Waals surface area contributed by atoms with Gasteiger partial charge in [-0.2, -0.15) is 4.98 Å². The summed E-state index contributed by atoms with van der Waals surface area (Å²) in [4.78, 5) is 24.8. The van der Waals surface area contributed by atoms with Crippen LogP contribution >= 0.6 is 23.8 Å². The van der Waals surface area contributed by atoms with Gasteiger partial charge in [-0.15, -0.1) is 0 Å². The second-order valence-electron chi connectivity index (χ2n) is 17.5. The number of aromatic nitrogens is 3. The zero-order valence-electron chi connectivity index (χ0n) is 38.2. The summed E-state index contributed by atoms with van der Waals surface area (Å²) in [5.41, 5.74) is 6.17. The number of thiocarbonyl (C=S) groups is 1. The van der Waals surface area contributed by atoms with Crippen LogP contribution in [0.5, 0.6) is 34.8 Å². The number of pyridine rings is 1. The number of imidazole rings is 1. The molecular formula is C52H47ClN6O12S. The van der Waals surface area contributed by atoms with Gasteiger partial charge in [0.1, 0.15) is 53.7 Å². The Morgan fingerprint density at radius 3 is 2.21 bits per heavy atom. The van der Waals surface area contributed by atoms with E-state index in [1.807, 2.05) is 60.7 Å². The highest BCUT2D eigenvalue weighted by Crippen LogP contribution is 2.59. The topological polar surface area (TPSA) is 240 Å². The number of anilines is 1. The molecule has 370 valence electrons. The fraction of sp³-hybridized carbons (Fsp3) is 0.269. The summed E-state index contributed by atoms with van der Waals surface area (Å²) in [7, 11) is 0. The molecule has 0 aliphatic carbocycles. The van der Waals surface area contributed by atoms with Crippen molar-refractivity contribution in [3.63, 3.8) is 0 Å². The largest absolute Gasteiger partial charge is 0.508 e. The molecule has 5 aromatic carbocycles. The third kappa shape index (κ3) is 9.32. The number of hydrogen-bond donors (Lipinski definition) is 8. The van der Waals surface area contributed by atoms with E-state index in [0.717, 1.165) is 16.7 Å². The van der Waals surface area contributed by atoms with Crippen molar-refractivity contribution >= 4 is 51.7 Å². The Morgan fingerprint density at radius 1 is 0.778 bits per heavy atom. The minimum absolute atomic E-state index is 0.00432. The van der Waals surface area contributed by atoms with Crippen LogP contribution in [-0.2, 0) is 29.3 Å². The van der Waals surface area contributed by atoms with Gasteiger partial charge in [-0.1, -0.05) is 54.1 Å². The maximum atomic E-state index is 12.5. The number of nitrogens with one attached hydrogen (secondary N) is 4. The molecule has 72 heavy (non-hydrogen) atoms. The van der Waals surface area contributed by atoms with Crippen molar-refractivity contribution in [3.8, 4) is 57.1 Å². The third-order valence-corrected chi connectivity index (χ3v) is 13.4. The molecule has 4 aliphatic rings. The molecule has 1 unspecified atom stereocenters. The summed E-state index contributed by atoms with van der Waals surface area (Å²) in [5.74, 6) is 1.17. The van der Waals surface area contributed by atoms with Gasteiger partial charge < -0.3 is 74.5 Å². The normalized spacial score (nSPS) is 20.0. The smallest absolute Gasteiger partial charge is 0.296 e. The summed E-state index contributed by atoms with van der Waals surface area (Å²) in [6.45, 7) is 2.01. The molecule has 18 nitrogen and oxygen atoms in total. The highest BCUT2D eigenvalue weighted by molar-refractivity contribution is 7.80. The molecule has 2 fully saturated rings. The number of aliphatic hydroxyl groups is 2. The van der Waals surface area contributed by atoms with E-state index < -0.39 is 30.2 Å².